The van der Waals surface area contributed by atoms with Gasteiger partial charge in [-0.25, -0.2) is 15.0 Å². The fourth-order valence-corrected chi connectivity index (χ4v) is 3.82. The lowest BCUT2D eigenvalue weighted by atomic mass is 10.1. The van der Waals surface area contributed by atoms with Crippen molar-refractivity contribution in [3.63, 3.8) is 0 Å². The fourth-order valence-electron chi connectivity index (χ4n) is 3.32. The zero-order valence-electron chi connectivity index (χ0n) is 15.1. The van der Waals surface area contributed by atoms with Gasteiger partial charge in [0, 0.05) is 16.6 Å². The second kappa shape index (κ2) is 8.39. The van der Waals surface area contributed by atoms with Gasteiger partial charge in [-0.1, -0.05) is 29.3 Å². The van der Waals surface area contributed by atoms with Crippen molar-refractivity contribution in [3.8, 4) is 0 Å². The van der Waals surface area contributed by atoms with Crippen LogP contribution in [-0.4, -0.2) is 66.3 Å². The summed E-state index contributed by atoms with van der Waals surface area (Å²) in [6.45, 7) is 0.143. The van der Waals surface area contributed by atoms with E-state index in [4.69, 9.17) is 27.9 Å². The maximum atomic E-state index is 10.3. The van der Waals surface area contributed by atoms with E-state index in [1.807, 2.05) is 6.07 Å². The predicted octanol–water partition coefficient (Wildman–Crippen LogP) is 1.40. The summed E-state index contributed by atoms with van der Waals surface area (Å²) in [5.74, 6) is 0.519. The molecule has 1 aliphatic heterocycles. The van der Waals surface area contributed by atoms with Crippen molar-refractivity contribution < 1.29 is 20.1 Å². The van der Waals surface area contributed by atoms with Crippen LogP contribution in [0.1, 0.15) is 11.8 Å². The first-order valence-corrected chi connectivity index (χ1v) is 9.73. The molecular formula is C18H19Cl2N5O4. The standard InChI is InChI=1S/C18H19Cl2N5O4/c19-10-2-1-9(11(20)5-10)3-4-21-16-13-17(23-7-22-16)25(8-24-13)18-15(28)14(27)12(6-26)29-18/h1-2,5,7-8,12,14-15,18,26-28H,3-4,6H2,(H,21,22,23)/t12-,14-,15-,18-/m1/s1. The Kier molecular flexibility index (Phi) is 5.86. The highest BCUT2D eigenvalue weighted by atomic mass is 35.5. The molecule has 9 nitrogen and oxygen atoms in total. The number of hydrogen-bond donors (Lipinski definition) is 4. The Morgan fingerprint density at radius 1 is 1.14 bits per heavy atom. The average molecular weight is 440 g/mol. The average Bonchev–Trinajstić information content (AvgIpc) is 3.25. The van der Waals surface area contributed by atoms with Gasteiger partial charge in [0.2, 0.25) is 0 Å². The molecule has 0 aliphatic carbocycles. The minimum Gasteiger partial charge on any atom is -0.394 e. The molecule has 0 spiro atoms. The first kappa shape index (κ1) is 20.3. The second-order valence-corrected chi connectivity index (χ2v) is 7.53. The summed E-state index contributed by atoms with van der Waals surface area (Å²) in [6, 6.07) is 5.36. The van der Waals surface area contributed by atoms with E-state index in [0.29, 0.717) is 40.0 Å². The number of hydrogen-bond acceptors (Lipinski definition) is 8. The van der Waals surface area contributed by atoms with Crippen LogP contribution in [0.25, 0.3) is 11.2 Å². The first-order chi connectivity index (χ1) is 14.0. The van der Waals surface area contributed by atoms with E-state index in [9.17, 15) is 15.3 Å². The number of nitrogens with one attached hydrogen (secondary N) is 1. The van der Waals surface area contributed by atoms with Crippen molar-refractivity contribution in [1.29, 1.82) is 0 Å². The van der Waals surface area contributed by atoms with Crippen LogP contribution in [-0.2, 0) is 11.2 Å². The molecule has 0 bridgehead atoms. The van der Waals surface area contributed by atoms with Gasteiger partial charge in [0.1, 0.15) is 24.6 Å². The molecule has 1 saturated heterocycles. The van der Waals surface area contributed by atoms with Gasteiger partial charge in [0.15, 0.2) is 23.2 Å². The summed E-state index contributed by atoms with van der Waals surface area (Å²) in [5, 5.41) is 33.9. The molecule has 1 fully saturated rings. The van der Waals surface area contributed by atoms with E-state index < -0.39 is 31.1 Å². The van der Waals surface area contributed by atoms with Crippen molar-refractivity contribution in [2.75, 3.05) is 18.5 Å². The number of rotatable bonds is 6. The van der Waals surface area contributed by atoms with Gasteiger partial charge in [0.05, 0.1) is 12.9 Å². The quantitative estimate of drug-likeness (QED) is 0.453. The molecule has 2 aromatic heterocycles. The summed E-state index contributed by atoms with van der Waals surface area (Å²) in [5.41, 5.74) is 1.88. The van der Waals surface area contributed by atoms with Gasteiger partial charge >= 0.3 is 0 Å². The predicted molar refractivity (Wildman–Crippen MR) is 107 cm³/mol. The van der Waals surface area contributed by atoms with Crippen LogP contribution in [0, 0.1) is 0 Å². The van der Waals surface area contributed by atoms with E-state index in [-0.39, 0.29) is 0 Å². The highest BCUT2D eigenvalue weighted by Gasteiger charge is 2.44. The highest BCUT2D eigenvalue weighted by Crippen LogP contribution is 2.32. The van der Waals surface area contributed by atoms with Crippen LogP contribution in [0.5, 0.6) is 0 Å². The Bertz CT molecular complexity index is 1020. The van der Waals surface area contributed by atoms with Crippen LogP contribution >= 0.6 is 23.2 Å². The number of aromatic nitrogens is 4. The summed E-state index contributed by atoms with van der Waals surface area (Å²) >= 11 is 12.1. The summed E-state index contributed by atoms with van der Waals surface area (Å²) in [6.07, 6.45) is -0.732. The summed E-state index contributed by atoms with van der Waals surface area (Å²) in [7, 11) is 0. The topological polar surface area (TPSA) is 126 Å². The van der Waals surface area contributed by atoms with Gasteiger partial charge in [-0.2, -0.15) is 0 Å². The number of ether oxygens (including phenoxy) is 1. The molecule has 3 aromatic rings. The van der Waals surface area contributed by atoms with Gasteiger partial charge in [-0.3, -0.25) is 4.57 Å². The first-order valence-electron chi connectivity index (χ1n) is 8.97. The molecule has 3 heterocycles. The van der Waals surface area contributed by atoms with Crippen LogP contribution in [0.15, 0.2) is 30.9 Å². The Morgan fingerprint density at radius 3 is 2.69 bits per heavy atom. The maximum Gasteiger partial charge on any atom is 0.167 e. The fraction of sp³-hybridized carbons (Fsp3) is 0.389. The number of aliphatic hydroxyl groups is 3. The van der Waals surface area contributed by atoms with Gasteiger partial charge in [-0.15, -0.1) is 0 Å². The number of halogens is 2. The number of nitrogens with zero attached hydrogens (tertiary/aromatic N) is 4. The van der Waals surface area contributed by atoms with E-state index in [2.05, 4.69) is 20.3 Å². The number of aliphatic hydroxyl groups excluding tert-OH is 3. The van der Waals surface area contributed by atoms with E-state index in [0.717, 1.165) is 5.56 Å². The molecule has 11 heteroatoms. The van der Waals surface area contributed by atoms with Gasteiger partial charge in [0.25, 0.3) is 0 Å². The van der Waals surface area contributed by atoms with Crippen LogP contribution in [0.4, 0.5) is 5.82 Å². The summed E-state index contributed by atoms with van der Waals surface area (Å²) in [4.78, 5) is 12.8. The van der Waals surface area contributed by atoms with Crippen LogP contribution < -0.4 is 5.32 Å². The Balaban J connectivity index is 1.52. The van der Waals surface area contributed by atoms with Crippen molar-refractivity contribution in [2.24, 2.45) is 0 Å². The highest BCUT2D eigenvalue weighted by molar-refractivity contribution is 6.35. The second-order valence-electron chi connectivity index (χ2n) is 6.69. The minimum atomic E-state index is -1.22. The van der Waals surface area contributed by atoms with E-state index >= 15 is 0 Å². The monoisotopic (exact) mass is 439 g/mol. The van der Waals surface area contributed by atoms with E-state index in [1.54, 1.807) is 12.1 Å². The molecule has 0 radical (unpaired) electrons. The SMILES string of the molecule is OC[C@H]1O[C@@H](n2cnc3c(NCCc4ccc(Cl)cc4Cl)ncnc32)[C@H](O)[C@@H]1O. The molecule has 4 atom stereocenters. The molecular weight excluding hydrogens is 421 g/mol. The Morgan fingerprint density at radius 2 is 1.97 bits per heavy atom. The van der Waals surface area contributed by atoms with Gasteiger partial charge in [-0.05, 0) is 24.1 Å². The largest absolute Gasteiger partial charge is 0.394 e. The van der Waals surface area contributed by atoms with Crippen molar-refractivity contribution in [1.82, 2.24) is 19.5 Å². The Hall–Kier alpha value is -2.01. The molecule has 29 heavy (non-hydrogen) atoms. The lowest BCUT2D eigenvalue weighted by Gasteiger charge is -2.16. The van der Waals surface area contributed by atoms with Crippen molar-refractivity contribution in [2.45, 2.75) is 31.0 Å². The summed E-state index contributed by atoms with van der Waals surface area (Å²) < 4.78 is 7.07. The molecule has 4 N–H and O–H groups in total. The molecule has 0 unspecified atom stereocenters. The third-order valence-electron chi connectivity index (χ3n) is 4.85. The molecule has 0 saturated carbocycles. The lowest BCUT2D eigenvalue weighted by molar-refractivity contribution is -0.0511. The zero-order valence-corrected chi connectivity index (χ0v) is 16.6. The van der Waals surface area contributed by atoms with Crippen molar-refractivity contribution >= 4 is 40.2 Å². The number of imidazole rings is 1. The minimum absolute atomic E-state index is 0.406. The van der Waals surface area contributed by atoms with Crippen molar-refractivity contribution in [3.05, 3.63) is 46.5 Å². The molecule has 1 aromatic carbocycles. The maximum absolute atomic E-state index is 10.3. The van der Waals surface area contributed by atoms with Crippen LogP contribution in [0.2, 0.25) is 10.0 Å². The smallest absolute Gasteiger partial charge is 0.167 e. The number of benzene rings is 1. The lowest BCUT2D eigenvalue weighted by Crippen LogP contribution is -2.33. The third kappa shape index (κ3) is 3.89. The van der Waals surface area contributed by atoms with Crippen LogP contribution in [0.3, 0.4) is 0 Å². The van der Waals surface area contributed by atoms with Gasteiger partial charge < -0.3 is 25.4 Å². The molecule has 4 rings (SSSR count). The normalized spacial score (nSPS) is 24.3. The zero-order chi connectivity index (χ0) is 20.5. The third-order valence-corrected chi connectivity index (χ3v) is 5.44. The molecule has 0 amide bonds. The Labute approximate surface area is 175 Å². The molecule has 154 valence electrons. The molecule has 1 aliphatic rings. The number of anilines is 1. The number of fused-ring (bicyclic) bond motifs is 1. The van der Waals surface area contributed by atoms with E-state index in [1.165, 1.54) is 17.2 Å².